The molecule has 6 nitrogen and oxygen atoms in total. The molecule has 0 aliphatic rings. The third kappa shape index (κ3) is 8.93. The van der Waals surface area contributed by atoms with Gasteiger partial charge in [-0.25, -0.2) is 9.59 Å². The average molecular weight is 520 g/mol. The van der Waals surface area contributed by atoms with E-state index in [1.165, 1.54) is 0 Å². The van der Waals surface area contributed by atoms with Crippen LogP contribution in [-0.2, 0) is 19.1 Å². The molecule has 0 radical (unpaired) electrons. The maximum absolute atomic E-state index is 11.3. The van der Waals surface area contributed by atoms with Gasteiger partial charge in [0, 0.05) is 30.1 Å². The lowest BCUT2D eigenvalue weighted by molar-refractivity contribution is -0.140. The van der Waals surface area contributed by atoms with Gasteiger partial charge in [0.25, 0.3) is 0 Å². The van der Waals surface area contributed by atoms with E-state index in [0.29, 0.717) is 48.7 Å². The van der Waals surface area contributed by atoms with Crippen LogP contribution in [0.3, 0.4) is 0 Å². The third-order valence-corrected chi connectivity index (χ3v) is 4.48. The van der Waals surface area contributed by atoms with E-state index in [1.54, 1.807) is 19.9 Å². The Kier molecular flexibility index (Phi) is 10.9. The Morgan fingerprint density at radius 1 is 0.786 bits per heavy atom. The van der Waals surface area contributed by atoms with Crippen molar-refractivity contribution in [1.82, 2.24) is 0 Å². The van der Waals surface area contributed by atoms with Crippen LogP contribution >= 0.6 is 31.9 Å². The molecule has 0 unspecified atom stereocenters. The molecule has 0 aliphatic heterocycles. The van der Waals surface area contributed by atoms with Crippen molar-refractivity contribution in [3.63, 3.8) is 0 Å². The van der Waals surface area contributed by atoms with Gasteiger partial charge in [-0.2, -0.15) is 0 Å². The molecule has 1 aromatic rings. The molecule has 0 saturated carbocycles. The zero-order chi connectivity index (χ0) is 21.1. The molecule has 8 heteroatoms. The Bertz CT molecular complexity index is 672. The van der Waals surface area contributed by atoms with Crippen LogP contribution in [0, 0.1) is 0 Å². The number of halogens is 2. The fraction of sp³-hybridized carbons (Fsp3) is 0.400. The van der Waals surface area contributed by atoms with Crippen molar-refractivity contribution in [2.24, 2.45) is 0 Å². The predicted octanol–water partition coefficient (Wildman–Crippen LogP) is 4.99. The number of benzene rings is 1. The average Bonchev–Trinajstić information content (AvgIpc) is 2.63. The van der Waals surface area contributed by atoms with Gasteiger partial charge in [-0.3, -0.25) is 0 Å². The van der Waals surface area contributed by atoms with E-state index < -0.39 is 11.9 Å². The van der Waals surface area contributed by atoms with Crippen molar-refractivity contribution in [3.05, 3.63) is 45.4 Å². The lowest BCUT2D eigenvalue weighted by Gasteiger charge is -2.13. The highest BCUT2D eigenvalue weighted by Crippen LogP contribution is 2.36. The van der Waals surface area contributed by atoms with E-state index in [1.807, 2.05) is 6.07 Å². The van der Waals surface area contributed by atoms with Gasteiger partial charge in [0.1, 0.15) is 11.5 Å². The molecular weight excluding hydrogens is 496 g/mol. The molecule has 0 fully saturated rings. The largest absolute Gasteiger partial charge is 0.492 e. The Labute approximate surface area is 182 Å². The van der Waals surface area contributed by atoms with Crippen molar-refractivity contribution in [1.29, 1.82) is 0 Å². The van der Waals surface area contributed by atoms with E-state index in [4.69, 9.17) is 18.9 Å². The topological polar surface area (TPSA) is 71.1 Å². The van der Waals surface area contributed by atoms with Crippen LogP contribution in [0.5, 0.6) is 11.5 Å². The summed E-state index contributed by atoms with van der Waals surface area (Å²) in [5.74, 6) is 0.403. The molecule has 0 bridgehead atoms. The summed E-state index contributed by atoms with van der Waals surface area (Å²) in [5.41, 5.74) is 0.737. The number of esters is 2. The zero-order valence-electron chi connectivity index (χ0n) is 16.0. The zero-order valence-corrected chi connectivity index (χ0v) is 19.2. The summed E-state index contributed by atoms with van der Waals surface area (Å²) in [5, 5.41) is 0. The molecule has 1 aromatic carbocycles. The molecule has 1 rings (SSSR count). The first kappa shape index (κ1) is 24.2. The normalized spacial score (nSPS) is 10.1. The summed E-state index contributed by atoms with van der Waals surface area (Å²) < 4.78 is 23.0. The van der Waals surface area contributed by atoms with Gasteiger partial charge in [-0.05, 0) is 51.8 Å². The minimum absolute atomic E-state index is 0.256. The summed E-state index contributed by atoms with van der Waals surface area (Å²) in [6, 6.07) is 3.58. The van der Waals surface area contributed by atoms with E-state index >= 15 is 0 Å². The summed E-state index contributed by atoms with van der Waals surface area (Å²) in [4.78, 5) is 22.6. The number of hydrogen-bond donors (Lipinski definition) is 0. The van der Waals surface area contributed by atoms with Gasteiger partial charge >= 0.3 is 11.9 Å². The molecular formula is C20H24Br2O6. The van der Waals surface area contributed by atoms with Gasteiger partial charge in [0.15, 0.2) is 0 Å². The first-order valence-electron chi connectivity index (χ1n) is 8.62. The van der Waals surface area contributed by atoms with Crippen molar-refractivity contribution in [2.45, 2.75) is 26.7 Å². The van der Waals surface area contributed by atoms with Crippen LogP contribution in [0.15, 0.2) is 45.4 Å². The number of rotatable bonds is 12. The van der Waals surface area contributed by atoms with Gasteiger partial charge < -0.3 is 18.9 Å². The summed E-state index contributed by atoms with van der Waals surface area (Å²) in [6.45, 7) is 11.5. The number of hydrogen-bond acceptors (Lipinski definition) is 6. The van der Waals surface area contributed by atoms with Crippen LogP contribution in [0.25, 0.3) is 0 Å². The Hall–Kier alpha value is -1.80. The minimum Gasteiger partial charge on any atom is -0.492 e. The highest BCUT2D eigenvalue weighted by Gasteiger charge is 2.10. The van der Waals surface area contributed by atoms with Gasteiger partial charge in [0.05, 0.1) is 35.4 Å². The monoisotopic (exact) mass is 518 g/mol. The smallest absolute Gasteiger partial charge is 0.333 e. The van der Waals surface area contributed by atoms with Crippen LogP contribution in [0.4, 0.5) is 0 Å². The molecule has 28 heavy (non-hydrogen) atoms. The van der Waals surface area contributed by atoms with E-state index in [0.717, 1.165) is 8.95 Å². The molecule has 0 N–H and O–H groups in total. The lowest BCUT2D eigenvalue weighted by atomic mass is 10.3. The van der Waals surface area contributed by atoms with Crippen LogP contribution in [-0.4, -0.2) is 38.4 Å². The maximum atomic E-state index is 11.3. The van der Waals surface area contributed by atoms with E-state index in [-0.39, 0.29) is 13.2 Å². The Balaban J connectivity index is 2.43. The second kappa shape index (κ2) is 12.6. The number of carbonyl (C=O) groups excluding carboxylic acids is 2. The molecule has 0 aliphatic carbocycles. The Morgan fingerprint density at radius 3 is 1.54 bits per heavy atom. The van der Waals surface area contributed by atoms with Crippen LogP contribution in [0.1, 0.15) is 26.7 Å². The van der Waals surface area contributed by atoms with Crippen LogP contribution in [0.2, 0.25) is 0 Å². The first-order chi connectivity index (χ1) is 13.2. The second-order valence-electron chi connectivity index (χ2n) is 5.95. The maximum Gasteiger partial charge on any atom is 0.333 e. The minimum atomic E-state index is -0.408. The fourth-order valence-electron chi connectivity index (χ4n) is 1.79. The van der Waals surface area contributed by atoms with Crippen molar-refractivity contribution < 1.29 is 28.5 Å². The van der Waals surface area contributed by atoms with Crippen molar-refractivity contribution in [2.75, 3.05) is 26.4 Å². The van der Waals surface area contributed by atoms with E-state index in [9.17, 15) is 9.59 Å². The molecule has 0 aromatic heterocycles. The van der Waals surface area contributed by atoms with Crippen LogP contribution < -0.4 is 9.47 Å². The van der Waals surface area contributed by atoms with E-state index in [2.05, 4.69) is 45.0 Å². The summed E-state index contributed by atoms with van der Waals surface area (Å²) >= 11 is 6.88. The Morgan fingerprint density at radius 2 is 1.18 bits per heavy atom. The van der Waals surface area contributed by atoms with Crippen molar-refractivity contribution in [3.8, 4) is 11.5 Å². The lowest BCUT2D eigenvalue weighted by Crippen LogP contribution is -2.10. The van der Waals surface area contributed by atoms with Gasteiger partial charge in [-0.1, -0.05) is 13.2 Å². The predicted molar refractivity (Wildman–Crippen MR) is 114 cm³/mol. The molecule has 0 heterocycles. The molecule has 154 valence electrons. The molecule has 0 atom stereocenters. The number of ether oxygens (including phenoxy) is 4. The summed E-state index contributed by atoms with van der Waals surface area (Å²) in [7, 11) is 0. The van der Waals surface area contributed by atoms with Crippen molar-refractivity contribution >= 4 is 43.8 Å². The molecule has 0 saturated heterocycles. The molecule has 0 amide bonds. The first-order valence-corrected chi connectivity index (χ1v) is 10.2. The molecule has 0 spiro atoms. The standard InChI is InChI=1S/C20H24Br2O6/c1-13(2)19(23)27-9-5-7-25-17-12-18(16(22)11-15(17)21)26-8-6-10-28-20(24)14(3)4/h11-12H,1,3,5-10H2,2,4H3. The highest BCUT2D eigenvalue weighted by molar-refractivity contribution is 9.11. The fourth-order valence-corrected chi connectivity index (χ4v) is 3.01. The second-order valence-corrected chi connectivity index (χ2v) is 7.66. The SMILES string of the molecule is C=C(C)C(=O)OCCCOc1cc(OCCCOC(=O)C(=C)C)c(Br)cc1Br. The quantitative estimate of drug-likeness (QED) is 0.220. The third-order valence-electron chi connectivity index (χ3n) is 3.24. The van der Waals surface area contributed by atoms with Gasteiger partial charge in [0.2, 0.25) is 0 Å². The van der Waals surface area contributed by atoms with Gasteiger partial charge in [-0.15, -0.1) is 0 Å². The summed E-state index contributed by atoms with van der Waals surface area (Å²) in [6.07, 6.45) is 1.09. The number of carbonyl (C=O) groups is 2. The highest BCUT2D eigenvalue weighted by atomic mass is 79.9.